The zero-order valence-corrected chi connectivity index (χ0v) is 11.3. The molecule has 0 aliphatic heterocycles. The van der Waals surface area contributed by atoms with E-state index < -0.39 is 0 Å². The van der Waals surface area contributed by atoms with Gasteiger partial charge < -0.3 is 4.90 Å². The standard InChI is InChI=1S/C17H21NO/c19-17(16-10-11-16)18(13-15-8-9-15)12-4-7-14-5-2-1-3-6-14/h1-7,15-16H,8-13H2/b7-4+. The van der Waals surface area contributed by atoms with Crippen molar-refractivity contribution in [2.24, 2.45) is 11.8 Å². The predicted octanol–water partition coefficient (Wildman–Crippen LogP) is 3.35. The van der Waals surface area contributed by atoms with E-state index in [9.17, 15) is 4.79 Å². The molecule has 2 fully saturated rings. The maximum atomic E-state index is 12.2. The van der Waals surface area contributed by atoms with Gasteiger partial charge in [-0.25, -0.2) is 0 Å². The molecule has 0 N–H and O–H groups in total. The summed E-state index contributed by atoms with van der Waals surface area (Å²) >= 11 is 0. The molecule has 0 atom stereocenters. The minimum Gasteiger partial charge on any atom is -0.338 e. The van der Waals surface area contributed by atoms with Gasteiger partial charge in [-0.3, -0.25) is 4.79 Å². The zero-order valence-electron chi connectivity index (χ0n) is 11.3. The fraction of sp³-hybridized carbons (Fsp3) is 0.471. The highest BCUT2D eigenvalue weighted by Gasteiger charge is 2.35. The average molecular weight is 255 g/mol. The lowest BCUT2D eigenvalue weighted by atomic mass is 10.2. The molecule has 0 unspecified atom stereocenters. The number of carbonyl (C=O) groups excluding carboxylic acids is 1. The Labute approximate surface area is 115 Å². The summed E-state index contributed by atoms with van der Waals surface area (Å²) in [5, 5.41) is 0. The molecule has 0 heterocycles. The number of hydrogen-bond acceptors (Lipinski definition) is 1. The Morgan fingerprint density at radius 1 is 1.16 bits per heavy atom. The van der Waals surface area contributed by atoms with Crippen LogP contribution in [-0.4, -0.2) is 23.9 Å². The maximum Gasteiger partial charge on any atom is 0.225 e. The molecule has 2 heteroatoms. The number of amides is 1. The topological polar surface area (TPSA) is 20.3 Å². The van der Waals surface area contributed by atoms with Crippen LogP contribution in [0.3, 0.4) is 0 Å². The first-order chi connectivity index (χ1) is 9.33. The summed E-state index contributed by atoms with van der Waals surface area (Å²) in [4.78, 5) is 14.3. The van der Waals surface area contributed by atoms with Crippen LogP contribution in [0, 0.1) is 11.8 Å². The van der Waals surface area contributed by atoms with E-state index in [1.165, 1.54) is 18.4 Å². The highest BCUT2D eigenvalue weighted by atomic mass is 16.2. The molecule has 2 nitrogen and oxygen atoms in total. The van der Waals surface area contributed by atoms with Crippen LogP contribution in [0.2, 0.25) is 0 Å². The van der Waals surface area contributed by atoms with Gasteiger partial charge in [-0.1, -0.05) is 42.5 Å². The molecule has 0 saturated heterocycles. The van der Waals surface area contributed by atoms with Gasteiger partial charge in [-0.05, 0) is 37.2 Å². The first-order valence-electron chi connectivity index (χ1n) is 7.33. The van der Waals surface area contributed by atoms with Gasteiger partial charge in [-0.2, -0.15) is 0 Å². The molecule has 19 heavy (non-hydrogen) atoms. The minimum atomic E-state index is 0.337. The normalized spacial score (nSPS) is 18.7. The molecule has 0 spiro atoms. The van der Waals surface area contributed by atoms with Gasteiger partial charge in [-0.15, -0.1) is 0 Å². The molecular weight excluding hydrogens is 234 g/mol. The Hall–Kier alpha value is -1.57. The first kappa shape index (κ1) is 12.5. The van der Waals surface area contributed by atoms with Crippen molar-refractivity contribution in [1.82, 2.24) is 4.90 Å². The van der Waals surface area contributed by atoms with Gasteiger partial charge >= 0.3 is 0 Å². The number of rotatable bonds is 6. The van der Waals surface area contributed by atoms with Crippen molar-refractivity contribution in [3.8, 4) is 0 Å². The number of benzene rings is 1. The maximum absolute atomic E-state index is 12.2. The summed E-state index contributed by atoms with van der Waals surface area (Å²) in [6.07, 6.45) is 9.04. The lowest BCUT2D eigenvalue weighted by Gasteiger charge is -2.21. The van der Waals surface area contributed by atoms with Crippen molar-refractivity contribution >= 4 is 12.0 Å². The van der Waals surface area contributed by atoms with E-state index in [0.29, 0.717) is 11.8 Å². The van der Waals surface area contributed by atoms with E-state index in [2.05, 4.69) is 29.2 Å². The van der Waals surface area contributed by atoms with Crippen LogP contribution in [0.4, 0.5) is 0 Å². The van der Waals surface area contributed by atoms with Crippen LogP contribution in [0.5, 0.6) is 0 Å². The SMILES string of the molecule is O=C(C1CC1)N(C/C=C/c1ccccc1)CC1CC1. The summed E-state index contributed by atoms with van der Waals surface area (Å²) in [5.41, 5.74) is 1.20. The Morgan fingerprint density at radius 2 is 1.89 bits per heavy atom. The number of hydrogen-bond donors (Lipinski definition) is 0. The quantitative estimate of drug-likeness (QED) is 0.763. The second-order valence-corrected chi connectivity index (χ2v) is 5.77. The van der Waals surface area contributed by atoms with Gasteiger partial charge in [0.05, 0.1) is 0 Å². The fourth-order valence-electron chi connectivity index (χ4n) is 2.34. The third-order valence-electron chi connectivity index (χ3n) is 3.85. The van der Waals surface area contributed by atoms with E-state index in [-0.39, 0.29) is 0 Å². The second kappa shape index (κ2) is 5.60. The Morgan fingerprint density at radius 3 is 2.53 bits per heavy atom. The molecule has 2 saturated carbocycles. The van der Waals surface area contributed by atoms with Crippen molar-refractivity contribution < 1.29 is 4.79 Å². The van der Waals surface area contributed by atoms with E-state index >= 15 is 0 Å². The molecule has 0 aromatic heterocycles. The summed E-state index contributed by atoms with van der Waals surface area (Å²) in [6.45, 7) is 1.73. The van der Waals surface area contributed by atoms with Gasteiger partial charge in [0.1, 0.15) is 0 Å². The van der Waals surface area contributed by atoms with Gasteiger partial charge in [0.2, 0.25) is 5.91 Å². The van der Waals surface area contributed by atoms with E-state index in [0.717, 1.165) is 31.8 Å². The van der Waals surface area contributed by atoms with Crippen molar-refractivity contribution in [3.05, 3.63) is 42.0 Å². The van der Waals surface area contributed by atoms with Gasteiger partial charge in [0.15, 0.2) is 0 Å². The summed E-state index contributed by atoms with van der Waals surface area (Å²) in [7, 11) is 0. The van der Waals surface area contributed by atoms with Crippen molar-refractivity contribution in [2.45, 2.75) is 25.7 Å². The third kappa shape index (κ3) is 3.69. The third-order valence-corrected chi connectivity index (χ3v) is 3.85. The second-order valence-electron chi connectivity index (χ2n) is 5.77. The van der Waals surface area contributed by atoms with Crippen LogP contribution in [-0.2, 0) is 4.79 Å². The monoisotopic (exact) mass is 255 g/mol. The summed E-state index contributed by atoms with van der Waals surface area (Å²) in [6, 6.07) is 10.3. The minimum absolute atomic E-state index is 0.337. The fourth-order valence-corrected chi connectivity index (χ4v) is 2.34. The van der Waals surface area contributed by atoms with Crippen molar-refractivity contribution in [1.29, 1.82) is 0 Å². The number of carbonyl (C=O) groups is 1. The highest BCUT2D eigenvalue weighted by molar-refractivity contribution is 5.81. The smallest absolute Gasteiger partial charge is 0.225 e. The lowest BCUT2D eigenvalue weighted by molar-refractivity contribution is -0.132. The number of nitrogens with zero attached hydrogens (tertiary/aromatic N) is 1. The molecule has 0 radical (unpaired) electrons. The molecule has 1 aromatic carbocycles. The van der Waals surface area contributed by atoms with Crippen molar-refractivity contribution in [3.63, 3.8) is 0 Å². The van der Waals surface area contributed by atoms with Crippen LogP contribution >= 0.6 is 0 Å². The molecule has 100 valence electrons. The highest BCUT2D eigenvalue weighted by Crippen LogP contribution is 2.34. The summed E-state index contributed by atoms with van der Waals surface area (Å²) < 4.78 is 0. The molecule has 2 aliphatic carbocycles. The van der Waals surface area contributed by atoms with Crippen molar-refractivity contribution in [2.75, 3.05) is 13.1 Å². The van der Waals surface area contributed by atoms with Gasteiger partial charge in [0, 0.05) is 19.0 Å². The molecule has 1 aromatic rings. The largest absolute Gasteiger partial charge is 0.338 e. The van der Waals surface area contributed by atoms with E-state index in [1.54, 1.807) is 0 Å². The summed E-state index contributed by atoms with van der Waals surface area (Å²) in [5.74, 6) is 1.49. The van der Waals surface area contributed by atoms with E-state index in [1.807, 2.05) is 18.2 Å². The van der Waals surface area contributed by atoms with Gasteiger partial charge in [0.25, 0.3) is 0 Å². The Bertz CT molecular complexity index is 457. The molecular formula is C17H21NO. The van der Waals surface area contributed by atoms with E-state index in [4.69, 9.17) is 0 Å². The molecule has 1 amide bonds. The lowest BCUT2D eigenvalue weighted by Crippen LogP contribution is -2.34. The van der Waals surface area contributed by atoms with Crippen LogP contribution in [0.1, 0.15) is 31.2 Å². The molecule has 3 rings (SSSR count). The first-order valence-corrected chi connectivity index (χ1v) is 7.33. The van der Waals surface area contributed by atoms with Crippen LogP contribution in [0.15, 0.2) is 36.4 Å². The Balaban J connectivity index is 1.57. The zero-order chi connectivity index (χ0) is 13.1. The van der Waals surface area contributed by atoms with Crippen LogP contribution in [0.25, 0.3) is 6.08 Å². The average Bonchev–Trinajstić information content (AvgIpc) is 3.30. The molecule has 2 aliphatic rings. The molecule has 0 bridgehead atoms. The predicted molar refractivity (Wildman–Crippen MR) is 77.5 cm³/mol. The van der Waals surface area contributed by atoms with Crippen LogP contribution < -0.4 is 0 Å². The Kier molecular flexibility index (Phi) is 3.67.